The monoisotopic (exact) mass is 212 g/mol. The summed E-state index contributed by atoms with van der Waals surface area (Å²) in [6.07, 6.45) is 2.25. The molecule has 15 heavy (non-hydrogen) atoms. The van der Waals surface area contributed by atoms with E-state index in [-0.39, 0.29) is 0 Å². The lowest BCUT2D eigenvalue weighted by molar-refractivity contribution is 0.0986. The zero-order valence-corrected chi connectivity index (χ0v) is 9.58. The van der Waals surface area contributed by atoms with E-state index in [1.165, 1.54) is 0 Å². The lowest BCUT2D eigenvalue weighted by Crippen LogP contribution is -2.11. The first-order chi connectivity index (χ1) is 7.36. The van der Waals surface area contributed by atoms with Crippen molar-refractivity contribution in [1.29, 1.82) is 0 Å². The molecule has 4 nitrogen and oxygen atoms in total. The summed E-state index contributed by atoms with van der Waals surface area (Å²) in [5.41, 5.74) is 0.936. The Morgan fingerprint density at radius 2 is 2.33 bits per heavy atom. The molecule has 0 aliphatic carbocycles. The Labute approximate surface area is 91.0 Å². The topological polar surface area (TPSA) is 47.3 Å². The first-order valence-electron chi connectivity index (χ1n) is 5.59. The second-order valence-electron chi connectivity index (χ2n) is 3.47. The number of aromatic nitrogens is 1. The lowest BCUT2D eigenvalue weighted by atomic mass is 10.3. The second kappa shape index (κ2) is 7.43. The average molecular weight is 212 g/mol. The molecule has 0 unspecified atom stereocenters. The third-order valence-corrected chi connectivity index (χ3v) is 2.05. The molecule has 1 aromatic heterocycles. The van der Waals surface area contributed by atoms with Gasteiger partial charge in [-0.1, -0.05) is 25.4 Å². The van der Waals surface area contributed by atoms with E-state index in [0.29, 0.717) is 6.61 Å². The summed E-state index contributed by atoms with van der Waals surface area (Å²) >= 11 is 0. The fraction of sp³-hybridized carbons (Fsp3) is 0.727. The third kappa shape index (κ3) is 4.95. The van der Waals surface area contributed by atoms with E-state index in [0.717, 1.165) is 44.0 Å². The highest BCUT2D eigenvalue weighted by atomic mass is 16.5. The number of unbranched alkanes of at least 4 members (excludes halogenated alkanes) is 1. The maximum absolute atomic E-state index is 5.42. The summed E-state index contributed by atoms with van der Waals surface area (Å²) < 4.78 is 10.6. The summed E-state index contributed by atoms with van der Waals surface area (Å²) in [6.45, 7) is 7.23. The number of ether oxygens (including phenoxy) is 1. The molecule has 1 rings (SSSR count). The van der Waals surface area contributed by atoms with Gasteiger partial charge in [-0.25, -0.2) is 0 Å². The fourth-order valence-corrected chi connectivity index (χ4v) is 1.18. The van der Waals surface area contributed by atoms with Crippen molar-refractivity contribution in [2.75, 3.05) is 13.2 Å². The Morgan fingerprint density at radius 3 is 3.07 bits per heavy atom. The van der Waals surface area contributed by atoms with Crippen LogP contribution in [0.1, 0.15) is 38.1 Å². The van der Waals surface area contributed by atoms with Gasteiger partial charge >= 0.3 is 0 Å². The van der Waals surface area contributed by atoms with E-state index in [4.69, 9.17) is 9.26 Å². The Hall–Kier alpha value is -0.870. The van der Waals surface area contributed by atoms with Gasteiger partial charge in [0.15, 0.2) is 5.76 Å². The van der Waals surface area contributed by atoms with Crippen LogP contribution in [0.2, 0.25) is 0 Å². The van der Waals surface area contributed by atoms with Crippen molar-refractivity contribution in [2.45, 2.75) is 39.8 Å². The zero-order chi connectivity index (χ0) is 10.9. The molecule has 0 amide bonds. The molecule has 0 bridgehead atoms. The maximum atomic E-state index is 5.42. The summed E-state index contributed by atoms with van der Waals surface area (Å²) in [5.74, 6) is 0.805. The normalized spacial score (nSPS) is 10.8. The standard InChI is InChI=1S/C11H20N2O2/c1-3-5-6-14-9-11-7-10(13-15-11)8-12-4-2/h7,12H,3-6,8-9H2,1-2H3. The van der Waals surface area contributed by atoms with Gasteiger partial charge in [-0.05, 0) is 13.0 Å². The van der Waals surface area contributed by atoms with Crippen LogP contribution in [0.4, 0.5) is 0 Å². The molecule has 0 spiro atoms. The SMILES string of the molecule is CCCCOCc1cc(CNCC)no1. The Balaban J connectivity index is 2.20. The Kier molecular flexibility index (Phi) is 6.04. The van der Waals surface area contributed by atoms with Gasteiger partial charge in [0.1, 0.15) is 6.61 Å². The van der Waals surface area contributed by atoms with Gasteiger partial charge in [0.2, 0.25) is 0 Å². The molecule has 0 aromatic carbocycles. The van der Waals surface area contributed by atoms with Crippen LogP contribution in [-0.2, 0) is 17.9 Å². The summed E-state index contributed by atoms with van der Waals surface area (Å²) in [7, 11) is 0. The number of rotatable bonds is 8. The molecule has 0 aliphatic rings. The smallest absolute Gasteiger partial charge is 0.162 e. The van der Waals surface area contributed by atoms with E-state index in [9.17, 15) is 0 Å². The van der Waals surface area contributed by atoms with Crippen LogP contribution in [0.3, 0.4) is 0 Å². The van der Waals surface area contributed by atoms with Crippen molar-refractivity contribution < 1.29 is 9.26 Å². The fourth-order valence-electron chi connectivity index (χ4n) is 1.18. The van der Waals surface area contributed by atoms with Crippen LogP contribution in [0.25, 0.3) is 0 Å². The Bertz CT molecular complexity index is 261. The van der Waals surface area contributed by atoms with Crippen LogP contribution in [0.15, 0.2) is 10.6 Å². The molecule has 0 saturated carbocycles. The molecule has 86 valence electrons. The number of nitrogens with one attached hydrogen (secondary N) is 1. The van der Waals surface area contributed by atoms with Gasteiger partial charge in [-0.2, -0.15) is 0 Å². The lowest BCUT2D eigenvalue weighted by Gasteiger charge is -1.98. The van der Waals surface area contributed by atoms with Crippen molar-refractivity contribution in [2.24, 2.45) is 0 Å². The molecule has 0 fully saturated rings. The van der Waals surface area contributed by atoms with Crippen LogP contribution >= 0.6 is 0 Å². The summed E-state index contributed by atoms with van der Waals surface area (Å²) in [6, 6.07) is 1.94. The third-order valence-electron chi connectivity index (χ3n) is 2.05. The molecule has 0 atom stereocenters. The van der Waals surface area contributed by atoms with Crippen LogP contribution in [0, 0.1) is 0 Å². The molecule has 0 radical (unpaired) electrons. The van der Waals surface area contributed by atoms with Crippen LogP contribution in [-0.4, -0.2) is 18.3 Å². The van der Waals surface area contributed by atoms with Gasteiger partial charge in [-0.3, -0.25) is 0 Å². The first kappa shape index (κ1) is 12.2. The highest BCUT2D eigenvalue weighted by molar-refractivity contribution is 5.04. The summed E-state index contributed by atoms with van der Waals surface area (Å²) in [5, 5.41) is 7.13. The van der Waals surface area contributed by atoms with Crippen molar-refractivity contribution in [3.8, 4) is 0 Å². The first-order valence-corrected chi connectivity index (χ1v) is 5.59. The predicted octanol–water partition coefficient (Wildman–Crippen LogP) is 2.10. The molecule has 1 aromatic rings. The minimum absolute atomic E-state index is 0.527. The number of hydrogen-bond acceptors (Lipinski definition) is 4. The predicted molar refractivity (Wildman–Crippen MR) is 58.4 cm³/mol. The molecule has 1 heterocycles. The van der Waals surface area contributed by atoms with Crippen molar-refractivity contribution >= 4 is 0 Å². The molecule has 1 N–H and O–H groups in total. The molecule has 4 heteroatoms. The molecular weight excluding hydrogens is 192 g/mol. The van der Waals surface area contributed by atoms with Crippen molar-refractivity contribution in [1.82, 2.24) is 10.5 Å². The largest absolute Gasteiger partial charge is 0.373 e. The van der Waals surface area contributed by atoms with Crippen molar-refractivity contribution in [3.05, 3.63) is 17.5 Å². The van der Waals surface area contributed by atoms with E-state index in [1.54, 1.807) is 0 Å². The van der Waals surface area contributed by atoms with Crippen LogP contribution in [0.5, 0.6) is 0 Å². The van der Waals surface area contributed by atoms with E-state index < -0.39 is 0 Å². The number of nitrogens with zero attached hydrogens (tertiary/aromatic N) is 1. The van der Waals surface area contributed by atoms with Gasteiger partial charge < -0.3 is 14.6 Å². The Morgan fingerprint density at radius 1 is 1.47 bits per heavy atom. The second-order valence-corrected chi connectivity index (χ2v) is 3.47. The zero-order valence-electron chi connectivity index (χ0n) is 9.58. The van der Waals surface area contributed by atoms with Crippen molar-refractivity contribution in [3.63, 3.8) is 0 Å². The maximum Gasteiger partial charge on any atom is 0.162 e. The highest BCUT2D eigenvalue weighted by Gasteiger charge is 2.03. The van der Waals surface area contributed by atoms with E-state index >= 15 is 0 Å². The minimum atomic E-state index is 0.527. The molecule has 0 saturated heterocycles. The van der Waals surface area contributed by atoms with Gasteiger partial charge in [-0.15, -0.1) is 0 Å². The van der Waals surface area contributed by atoms with Gasteiger partial charge in [0.05, 0.1) is 5.69 Å². The minimum Gasteiger partial charge on any atom is -0.373 e. The van der Waals surface area contributed by atoms with Gasteiger partial charge in [0, 0.05) is 19.2 Å². The van der Waals surface area contributed by atoms with E-state index in [2.05, 4.69) is 24.3 Å². The molecule has 0 aliphatic heterocycles. The molecular formula is C11H20N2O2. The highest BCUT2D eigenvalue weighted by Crippen LogP contribution is 2.05. The van der Waals surface area contributed by atoms with Crippen LogP contribution < -0.4 is 5.32 Å². The number of hydrogen-bond donors (Lipinski definition) is 1. The summed E-state index contributed by atoms with van der Waals surface area (Å²) in [4.78, 5) is 0. The van der Waals surface area contributed by atoms with Gasteiger partial charge in [0.25, 0.3) is 0 Å². The van der Waals surface area contributed by atoms with E-state index in [1.807, 2.05) is 6.07 Å². The average Bonchev–Trinajstić information content (AvgIpc) is 2.69. The quantitative estimate of drug-likeness (QED) is 0.670.